The van der Waals surface area contributed by atoms with Crippen molar-refractivity contribution in [2.45, 2.75) is 45.1 Å². The van der Waals surface area contributed by atoms with Gasteiger partial charge in [0.1, 0.15) is 0 Å². The molecule has 0 aromatic heterocycles. The fraction of sp³-hybridized carbons (Fsp3) is 0.600. The summed E-state index contributed by atoms with van der Waals surface area (Å²) in [5.74, 6) is 0. The number of rotatable bonds is 3. The molecule has 0 saturated heterocycles. The first kappa shape index (κ1) is 13.7. The monoisotopic (exact) mass is 267 g/mol. The van der Waals surface area contributed by atoms with Gasteiger partial charge in [0.05, 0.1) is 12.1 Å². The van der Waals surface area contributed by atoms with Crippen LogP contribution < -0.4 is 5.32 Å². The lowest BCUT2D eigenvalue weighted by Gasteiger charge is -2.50. The Kier molecular flexibility index (Phi) is 3.88. The van der Waals surface area contributed by atoms with Crippen LogP contribution in [0.4, 0.5) is 5.69 Å². The quantitative estimate of drug-likeness (QED) is 0.865. The average molecular weight is 268 g/mol. The van der Waals surface area contributed by atoms with Crippen LogP contribution in [0.1, 0.15) is 39.5 Å². The van der Waals surface area contributed by atoms with E-state index in [2.05, 4.69) is 19.2 Å². The summed E-state index contributed by atoms with van der Waals surface area (Å²) in [6, 6.07) is 7.71. The lowest BCUT2D eigenvalue weighted by Crippen LogP contribution is -2.56. The summed E-state index contributed by atoms with van der Waals surface area (Å²) in [5.41, 5.74) is 0.905. The summed E-state index contributed by atoms with van der Waals surface area (Å²) in [5, 5.41) is 14.2. The third-order valence-corrected chi connectivity index (χ3v) is 4.70. The van der Waals surface area contributed by atoms with E-state index in [0.29, 0.717) is 0 Å². The summed E-state index contributed by atoms with van der Waals surface area (Å²) in [4.78, 5) is 0. The molecule has 1 fully saturated rings. The van der Waals surface area contributed by atoms with Crippen LogP contribution >= 0.6 is 11.6 Å². The second-order valence-electron chi connectivity index (χ2n) is 5.96. The van der Waals surface area contributed by atoms with E-state index in [1.165, 1.54) is 12.8 Å². The molecule has 100 valence electrons. The summed E-state index contributed by atoms with van der Waals surface area (Å²) >= 11 is 5.90. The molecule has 2 nitrogen and oxygen atoms in total. The molecule has 18 heavy (non-hydrogen) atoms. The minimum Gasteiger partial charge on any atom is -0.394 e. The molecule has 1 atom stereocenters. The van der Waals surface area contributed by atoms with Gasteiger partial charge in [0, 0.05) is 10.7 Å². The van der Waals surface area contributed by atoms with Crippen LogP contribution in [0.25, 0.3) is 0 Å². The molecule has 1 aromatic carbocycles. The molecule has 1 saturated carbocycles. The van der Waals surface area contributed by atoms with Crippen LogP contribution in [-0.4, -0.2) is 17.3 Å². The van der Waals surface area contributed by atoms with Gasteiger partial charge in [-0.2, -0.15) is 0 Å². The summed E-state index contributed by atoms with van der Waals surface area (Å²) in [7, 11) is 0. The van der Waals surface area contributed by atoms with Gasteiger partial charge in [-0.1, -0.05) is 38.3 Å². The Morgan fingerprint density at radius 1 is 1.17 bits per heavy atom. The van der Waals surface area contributed by atoms with E-state index in [4.69, 9.17) is 11.6 Å². The molecule has 2 N–H and O–H groups in total. The van der Waals surface area contributed by atoms with Gasteiger partial charge < -0.3 is 10.4 Å². The largest absolute Gasteiger partial charge is 0.394 e. The molecule has 1 aliphatic rings. The Bertz CT molecular complexity index is 401. The van der Waals surface area contributed by atoms with Crippen molar-refractivity contribution < 1.29 is 5.11 Å². The molecule has 3 heteroatoms. The maximum atomic E-state index is 9.90. The zero-order valence-corrected chi connectivity index (χ0v) is 11.9. The van der Waals surface area contributed by atoms with Crippen LogP contribution in [0.2, 0.25) is 5.02 Å². The van der Waals surface area contributed by atoms with Crippen molar-refractivity contribution in [1.82, 2.24) is 0 Å². The fourth-order valence-electron chi connectivity index (χ4n) is 2.95. The zero-order valence-electron chi connectivity index (χ0n) is 11.2. The standard InChI is InChI=1S/C15H22ClNO/c1-14(2)9-3-4-10-15(14,11-18)17-13-7-5-12(16)6-8-13/h5-8,17-18H,3-4,9-11H2,1-2H3. The number of hydrogen-bond acceptors (Lipinski definition) is 2. The highest BCUT2D eigenvalue weighted by molar-refractivity contribution is 6.30. The summed E-state index contributed by atoms with van der Waals surface area (Å²) in [6.45, 7) is 4.65. The molecule has 1 aromatic rings. The maximum absolute atomic E-state index is 9.90. The number of benzene rings is 1. The third kappa shape index (κ3) is 2.50. The normalized spacial score (nSPS) is 26.9. The molecule has 2 rings (SSSR count). The van der Waals surface area contributed by atoms with Gasteiger partial charge >= 0.3 is 0 Å². The van der Waals surface area contributed by atoms with Crippen LogP contribution in [0.15, 0.2) is 24.3 Å². The van der Waals surface area contributed by atoms with Gasteiger partial charge in [-0.05, 0) is 42.5 Å². The van der Waals surface area contributed by atoms with Crippen molar-refractivity contribution in [1.29, 1.82) is 0 Å². The average Bonchev–Trinajstić information content (AvgIpc) is 2.34. The van der Waals surface area contributed by atoms with Crippen LogP contribution in [0.3, 0.4) is 0 Å². The third-order valence-electron chi connectivity index (χ3n) is 4.45. The fourth-order valence-corrected chi connectivity index (χ4v) is 3.07. The van der Waals surface area contributed by atoms with Gasteiger partial charge in [0.25, 0.3) is 0 Å². The first-order chi connectivity index (χ1) is 8.49. The van der Waals surface area contributed by atoms with Gasteiger partial charge in [0.15, 0.2) is 0 Å². The predicted molar refractivity (Wildman–Crippen MR) is 77.1 cm³/mol. The number of halogens is 1. The molecule has 0 spiro atoms. The minimum atomic E-state index is -0.223. The van der Waals surface area contributed by atoms with Gasteiger partial charge in [-0.3, -0.25) is 0 Å². The molecule has 0 heterocycles. The van der Waals surface area contributed by atoms with Crippen LogP contribution in [-0.2, 0) is 0 Å². The molecule has 1 unspecified atom stereocenters. The first-order valence-corrected chi connectivity index (χ1v) is 7.02. The summed E-state index contributed by atoms with van der Waals surface area (Å²) < 4.78 is 0. The Morgan fingerprint density at radius 2 is 1.78 bits per heavy atom. The van der Waals surface area contributed by atoms with E-state index in [1.54, 1.807) is 0 Å². The van der Waals surface area contributed by atoms with Crippen molar-refractivity contribution >= 4 is 17.3 Å². The Labute approximate surface area is 114 Å². The number of anilines is 1. The van der Waals surface area contributed by atoms with Crippen molar-refractivity contribution in [3.05, 3.63) is 29.3 Å². The predicted octanol–water partition coefficient (Wildman–Crippen LogP) is 4.08. The lowest BCUT2D eigenvalue weighted by atomic mass is 9.63. The highest BCUT2D eigenvalue weighted by atomic mass is 35.5. The Hall–Kier alpha value is -0.730. The number of nitrogens with one attached hydrogen (secondary N) is 1. The smallest absolute Gasteiger partial charge is 0.0666 e. The zero-order chi connectivity index (χ0) is 13.2. The topological polar surface area (TPSA) is 32.3 Å². The van der Waals surface area contributed by atoms with Crippen molar-refractivity contribution in [2.24, 2.45) is 5.41 Å². The van der Waals surface area contributed by atoms with E-state index in [1.807, 2.05) is 24.3 Å². The molecule has 0 bridgehead atoms. The van der Waals surface area contributed by atoms with E-state index in [-0.39, 0.29) is 17.6 Å². The second kappa shape index (κ2) is 5.10. The first-order valence-electron chi connectivity index (χ1n) is 6.64. The molecular formula is C15H22ClNO. The van der Waals surface area contributed by atoms with Crippen molar-refractivity contribution in [3.63, 3.8) is 0 Å². The second-order valence-corrected chi connectivity index (χ2v) is 6.40. The maximum Gasteiger partial charge on any atom is 0.0666 e. The summed E-state index contributed by atoms with van der Waals surface area (Å²) in [6.07, 6.45) is 4.58. The van der Waals surface area contributed by atoms with Crippen molar-refractivity contribution in [2.75, 3.05) is 11.9 Å². The highest BCUT2D eigenvalue weighted by Gasteiger charge is 2.46. The SMILES string of the molecule is CC1(C)CCCCC1(CO)Nc1ccc(Cl)cc1. The van der Waals surface area contributed by atoms with Crippen LogP contribution in [0.5, 0.6) is 0 Å². The Morgan fingerprint density at radius 3 is 2.33 bits per heavy atom. The molecule has 0 aliphatic heterocycles. The molecule has 1 aliphatic carbocycles. The number of aliphatic hydroxyl groups is 1. The van der Waals surface area contributed by atoms with Gasteiger partial charge in [0.2, 0.25) is 0 Å². The Balaban J connectivity index is 2.24. The van der Waals surface area contributed by atoms with Gasteiger partial charge in [-0.15, -0.1) is 0 Å². The number of aliphatic hydroxyl groups excluding tert-OH is 1. The van der Waals surface area contributed by atoms with Crippen LogP contribution in [0, 0.1) is 5.41 Å². The molecule has 0 radical (unpaired) electrons. The lowest BCUT2D eigenvalue weighted by molar-refractivity contribution is 0.0580. The van der Waals surface area contributed by atoms with Crippen molar-refractivity contribution in [3.8, 4) is 0 Å². The van der Waals surface area contributed by atoms with Gasteiger partial charge in [-0.25, -0.2) is 0 Å². The van der Waals surface area contributed by atoms with E-state index < -0.39 is 0 Å². The molecular weight excluding hydrogens is 246 g/mol. The minimum absolute atomic E-state index is 0.0969. The number of hydrogen-bond donors (Lipinski definition) is 2. The molecule has 0 amide bonds. The van der Waals surface area contributed by atoms with E-state index in [0.717, 1.165) is 23.6 Å². The van der Waals surface area contributed by atoms with E-state index >= 15 is 0 Å². The van der Waals surface area contributed by atoms with E-state index in [9.17, 15) is 5.11 Å². The highest BCUT2D eigenvalue weighted by Crippen LogP contribution is 2.45.